The molecule has 0 spiro atoms. The Labute approximate surface area is 202 Å². The van der Waals surface area contributed by atoms with Crippen LogP contribution in [0.3, 0.4) is 0 Å². The Hall–Kier alpha value is -4.40. The van der Waals surface area contributed by atoms with Gasteiger partial charge in [-0.15, -0.1) is 0 Å². The quantitative estimate of drug-likeness (QED) is 0.410. The first-order chi connectivity index (χ1) is 17.1. The van der Waals surface area contributed by atoms with Crippen molar-refractivity contribution >= 4 is 5.91 Å². The number of aromatic nitrogens is 5. The lowest BCUT2D eigenvalue weighted by Crippen LogP contribution is -2.31. The molecule has 1 aliphatic rings. The number of pyridine rings is 1. The Bertz CT molecular complexity index is 1330. The van der Waals surface area contributed by atoms with Gasteiger partial charge in [0.2, 0.25) is 5.88 Å². The van der Waals surface area contributed by atoms with Crippen LogP contribution in [0.25, 0.3) is 11.1 Å². The summed E-state index contributed by atoms with van der Waals surface area (Å²) >= 11 is 0. The molecule has 35 heavy (non-hydrogen) atoms. The van der Waals surface area contributed by atoms with Crippen molar-refractivity contribution in [2.45, 2.75) is 25.8 Å². The Morgan fingerprint density at radius 1 is 0.943 bits per heavy atom. The molecule has 1 aliphatic heterocycles. The Balaban J connectivity index is 1.39. The van der Waals surface area contributed by atoms with Gasteiger partial charge in [-0.05, 0) is 50.1 Å². The van der Waals surface area contributed by atoms with Crippen LogP contribution >= 0.6 is 0 Å². The van der Waals surface area contributed by atoms with Crippen LogP contribution in [0.2, 0.25) is 0 Å². The summed E-state index contributed by atoms with van der Waals surface area (Å²) in [6.45, 7) is 2.51. The van der Waals surface area contributed by atoms with Gasteiger partial charge in [-0.25, -0.2) is 15.0 Å². The second-order valence-electron chi connectivity index (χ2n) is 8.23. The fraction of sp³-hybridized carbons (Fsp3) is 0.231. The first-order valence-electron chi connectivity index (χ1n) is 11.3. The van der Waals surface area contributed by atoms with Crippen molar-refractivity contribution in [3.8, 4) is 28.5 Å². The van der Waals surface area contributed by atoms with Crippen molar-refractivity contribution in [2.75, 3.05) is 13.7 Å². The standard InChI is InChI=1S/C26H24N6O3/c1-17-10-24(35-22-7-5-21(34-2)6-8-22)31-25(30-17)23-4-3-9-32(23)26(33)19-11-18(12-27-13-19)20-14-28-16-29-15-20/h5-8,10-16,23H,3-4,9H2,1-2H3/t23-/m0/s1. The average molecular weight is 469 g/mol. The molecule has 1 amide bonds. The third kappa shape index (κ3) is 4.93. The number of hydrogen-bond donors (Lipinski definition) is 0. The van der Waals surface area contributed by atoms with E-state index >= 15 is 0 Å². The highest BCUT2D eigenvalue weighted by molar-refractivity contribution is 5.95. The van der Waals surface area contributed by atoms with Gasteiger partial charge >= 0.3 is 0 Å². The Morgan fingerprint density at radius 3 is 2.46 bits per heavy atom. The number of likely N-dealkylation sites (tertiary alicyclic amines) is 1. The normalized spacial score (nSPS) is 15.1. The van der Waals surface area contributed by atoms with E-state index < -0.39 is 0 Å². The molecule has 9 heteroatoms. The second-order valence-corrected chi connectivity index (χ2v) is 8.23. The first kappa shape index (κ1) is 22.4. The van der Waals surface area contributed by atoms with Crippen LogP contribution in [0.15, 0.2) is 67.5 Å². The minimum Gasteiger partial charge on any atom is -0.497 e. The number of carbonyl (C=O) groups is 1. The van der Waals surface area contributed by atoms with Crippen LogP contribution in [0.5, 0.6) is 17.4 Å². The number of carbonyl (C=O) groups excluding carboxylic acids is 1. The number of methoxy groups -OCH3 is 1. The monoisotopic (exact) mass is 468 g/mol. The summed E-state index contributed by atoms with van der Waals surface area (Å²) in [5.74, 6) is 2.28. The molecule has 0 radical (unpaired) electrons. The molecule has 5 rings (SSSR count). The van der Waals surface area contributed by atoms with Gasteiger partial charge in [-0.3, -0.25) is 9.78 Å². The SMILES string of the molecule is COc1ccc(Oc2cc(C)nc([C@@H]3CCCN3C(=O)c3cncc(-c4cncnc4)c3)n2)cc1. The van der Waals surface area contributed by atoms with Gasteiger partial charge in [0.25, 0.3) is 5.91 Å². The molecule has 0 N–H and O–H groups in total. The van der Waals surface area contributed by atoms with E-state index in [9.17, 15) is 4.79 Å². The smallest absolute Gasteiger partial charge is 0.256 e. The maximum atomic E-state index is 13.5. The summed E-state index contributed by atoms with van der Waals surface area (Å²) in [6.07, 6.45) is 9.78. The maximum absolute atomic E-state index is 13.5. The lowest BCUT2D eigenvalue weighted by molar-refractivity contribution is 0.0728. The van der Waals surface area contributed by atoms with E-state index in [1.807, 2.05) is 42.2 Å². The van der Waals surface area contributed by atoms with Gasteiger partial charge in [-0.2, -0.15) is 4.98 Å². The van der Waals surface area contributed by atoms with Gasteiger partial charge in [0.15, 0.2) is 5.82 Å². The molecule has 1 saturated heterocycles. The highest BCUT2D eigenvalue weighted by atomic mass is 16.5. The van der Waals surface area contributed by atoms with Crippen molar-refractivity contribution < 1.29 is 14.3 Å². The molecule has 1 fully saturated rings. The number of amides is 1. The lowest BCUT2D eigenvalue weighted by atomic mass is 10.1. The van der Waals surface area contributed by atoms with Crippen molar-refractivity contribution in [2.24, 2.45) is 0 Å². The third-order valence-corrected chi connectivity index (χ3v) is 5.82. The summed E-state index contributed by atoms with van der Waals surface area (Å²) in [6, 6.07) is 10.6. The molecular formula is C26H24N6O3. The predicted molar refractivity (Wildman–Crippen MR) is 128 cm³/mol. The zero-order chi connectivity index (χ0) is 24.2. The Morgan fingerprint density at radius 2 is 1.69 bits per heavy atom. The van der Waals surface area contributed by atoms with Crippen molar-refractivity contribution in [3.63, 3.8) is 0 Å². The van der Waals surface area contributed by atoms with E-state index in [2.05, 4.69) is 24.9 Å². The van der Waals surface area contributed by atoms with Crippen LogP contribution in [-0.2, 0) is 0 Å². The average Bonchev–Trinajstić information content (AvgIpc) is 3.39. The lowest BCUT2D eigenvalue weighted by Gasteiger charge is -2.24. The number of nitrogens with zero attached hydrogens (tertiary/aromatic N) is 6. The molecule has 0 saturated carbocycles. The zero-order valence-corrected chi connectivity index (χ0v) is 19.5. The van der Waals surface area contributed by atoms with E-state index in [1.54, 1.807) is 38.0 Å². The van der Waals surface area contributed by atoms with Gasteiger partial charge < -0.3 is 14.4 Å². The van der Waals surface area contributed by atoms with Crippen LogP contribution in [0.1, 0.15) is 40.8 Å². The van der Waals surface area contributed by atoms with Crippen molar-refractivity contribution in [1.82, 2.24) is 29.8 Å². The molecule has 0 unspecified atom stereocenters. The summed E-state index contributed by atoms with van der Waals surface area (Å²) in [4.78, 5) is 37.0. The van der Waals surface area contributed by atoms with Crippen LogP contribution in [-0.4, -0.2) is 49.4 Å². The van der Waals surface area contributed by atoms with Crippen LogP contribution < -0.4 is 9.47 Å². The van der Waals surface area contributed by atoms with E-state index in [0.29, 0.717) is 29.6 Å². The number of ether oxygens (including phenoxy) is 2. The van der Waals surface area contributed by atoms with Gasteiger partial charge in [0, 0.05) is 54.2 Å². The molecule has 3 aromatic heterocycles. The highest BCUT2D eigenvalue weighted by Crippen LogP contribution is 2.33. The highest BCUT2D eigenvalue weighted by Gasteiger charge is 2.33. The fourth-order valence-corrected chi connectivity index (χ4v) is 4.13. The van der Waals surface area contributed by atoms with E-state index in [0.717, 1.165) is 35.4 Å². The number of benzene rings is 1. The van der Waals surface area contributed by atoms with Gasteiger partial charge in [0.1, 0.15) is 17.8 Å². The Kier molecular flexibility index (Phi) is 6.30. The minimum atomic E-state index is -0.246. The van der Waals surface area contributed by atoms with E-state index in [4.69, 9.17) is 9.47 Å². The molecule has 4 aromatic rings. The first-order valence-corrected chi connectivity index (χ1v) is 11.3. The maximum Gasteiger partial charge on any atom is 0.256 e. The third-order valence-electron chi connectivity index (χ3n) is 5.82. The van der Waals surface area contributed by atoms with Gasteiger partial charge in [0.05, 0.1) is 18.7 Å². The summed E-state index contributed by atoms with van der Waals surface area (Å²) < 4.78 is 11.2. The van der Waals surface area contributed by atoms with Crippen LogP contribution in [0.4, 0.5) is 0 Å². The largest absolute Gasteiger partial charge is 0.497 e. The predicted octanol–water partition coefficient (Wildman–Crippen LogP) is 4.42. The fourth-order valence-electron chi connectivity index (χ4n) is 4.13. The number of aryl methyl sites for hydroxylation is 1. The molecule has 1 aromatic carbocycles. The molecule has 9 nitrogen and oxygen atoms in total. The number of hydrogen-bond acceptors (Lipinski definition) is 8. The number of rotatable bonds is 6. The van der Waals surface area contributed by atoms with E-state index in [-0.39, 0.29) is 11.9 Å². The molecule has 0 aliphatic carbocycles. The van der Waals surface area contributed by atoms with Crippen molar-refractivity contribution in [1.29, 1.82) is 0 Å². The topological polar surface area (TPSA) is 103 Å². The zero-order valence-electron chi connectivity index (χ0n) is 19.5. The summed E-state index contributed by atoms with van der Waals surface area (Å²) in [5, 5.41) is 0. The van der Waals surface area contributed by atoms with Gasteiger partial charge in [-0.1, -0.05) is 0 Å². The molecule has 1 atom stereocenters. The van der Waals surface area contributed by atoms with E-state index in [1.165, 1.54) is 6.33 Å². The molecule has 176 valence electrons. The van der Waals surface area contributed by atoms with Crippen molar-refractivity contribution in [3.05, 3.63) is 84.6 Å². The minimum absolute atomic E-state index is 0.110. The summed E-state index contributed by atoms with van der Waals surface area (Å²) in [5.41, 5.74) is 2.86. The molecular weight excluding hydrogens is 444 g/mol. The molecule has 0 bridgehead atoms. The second kappa shape index (κ2) is 9.84. The summed E-state index contributed by atoms with van der Waals surface area (Å²) in [7, 11) is 1.62. The molecule has 4 heterocycles. The van der Waals surface area contributed by atoms with Crippen LogP contribution in [0, 0.1) is 6.92 Å².